The van der Waals surface area contributed by atoms with Gasteiger partial charge in [0.15, 0.2) is 0 Å². The van der Waals surface area contributed by atoms with E-state index >= 15 is 0 Å². The molecule has 0 spiro atoms. The fourth-order valence-electron chi connectivity index (χ4n) is 2.68. The second kappa shape index (κ2) is 7.32. The first kappa shape index (κ1) is 14.9. The van der Waals surface area contributed by atoms with E-state index in [9.17, 15) is 4.79 Å². The summed E-state index contributed by atoms with van der Waals surface area (Å²) in [6.07, 6.45) is 5.51. The van der Waals surface area contributed by atoms with Gasteiger partial charge in [0.25, 0.3) is 0 Å². The predicted molar refractivity (Wildman–Crippen MR) is 80.9 cm³/mol. The summed E-state index contributed by atoms with van der Waals surface area (Å²) in [5, 5.41) is 0. The minimum absolute atomic E-state index is 0.191. The van der Waals surface area contributed by atoms with Gasteiger partial charge in [0.1, 0.15) is 5.75 Å². The van der Waals surface area contributed by atoms with Gasteiger partial charge < -0.3 is 9.64 Å². The van der Waals surface area contributed by atoms with E-state index < -0.39 is 0 Å². The molecule has 0 atom stereocenters. The Morgan fingerprint density at radius 2 is 1.90 bits per heavy atom. The van der Waals surface area contributed by atoms with Crippen molar-refractivity contribution in [1.29, 1.82) is 0 Å². The Morgan fingerprint density at radius 1 is 1.25 bits per heavy atom. The Morgan fingerprint density at radius 3 is 2.50 bits per heavy atom. The van der Waals surface area contributed by atoms with Crippen molar-refractivity contribution in [2.24, 2.45) is 5.92 Å². The molecule has 110 valence electrons. The first-order valence-corrected chi connectivity index (χ1v) is 7.70. The van der Waals surface area contributed by atoms with Gasteiger partial charge in [0, 0.05) is 12.6 Å². The molecule has 20 heavy (non-hydrogen) atoms. The molecular formula is C17H25NO2. The zero-order chi connectivity index (χ0) is 14.4. The van der Waals surface area contributed by atoms with Crippen molar-refractivity contribution in [3.63, 3.8) is 0 Å². The summed E-state index contributed by atoms with van der Waals surface area (Å²) in [6.45, 7) is 5.18. The summed E-state index contributed by atoms with van der Waals surface area (Å²) in [4.78, 5) is 14.4. The number of hydrogen-bond acceptors (Lipinski definition) is 2. The van der Waals surface area contributed by atoms with Crippen LogP contribution in [0.3, 0.4) is 0 Å². The summed E-state index contributed by atoms with van der Waals surface area (Å²) >= 11 is 0. The van der Waals surface area contributed by atoms with Crippen LogP contribution in [-0.2, 0) is 0 Å². The molecule has 0 N–H and O–H groups in total. The van der Waals surface area contributed by atoms with Crippen LogP contribution in [0.1, 0.15) is 46.0 Å². The van der Waals surface area contributed by atoms with Crippen LogP contribution in [0.5, 0.6) is 5.75 Å². The van der Waals surface area contributed by atoms with E-state index in [2.05, 4.69) is 13.8 Å². The molecule has 1 aliphatic rings. The smallest absolute Gasteiger partial charge is 0.410 e. The van der Waals surface area contributed by atoms with Crippen LogP contribution in [0.2, 0.25) is 0 Å². The largest absolute Gasteiger partial charge is 0.415 e. The lowest BCUT2D eigenvalue weighted by atomic mass is 10.1. The van der Waals surface area contributed by atoms with Gasteiger partial charge in [-0.25, -0.2) is 4.79 Å². The molecule has 1 amide bonds. The summed E-state index contributed by atoms with van der Waals surface area (Å²) in [5.74, 6) is 1.23. The van der Waals surface area contributed by atoms with Gasteiger partial charge in [0.05, 0.1) is 0 Å². The van der Waals surface area contributed by atoms with Crippen molar-refractivity contribution in [1.82, 2.24) is 4.90 Å². The SMILES string of the molecule is CC(C)CCN(C(=O)Oc1ccccc1)C1CCCC1. The molecular weight excluding hydrogens is 250 g/mol. The second-order valence-corrected chi connectivity index (χ2v) is 6.00. The van der Waals surface area contributed by atoms with Gasteiger partial charge in [0.2, 0.25) is 0 Å². The third kappa shape index (κ3) is 4.26. The van der Waals surface area contributed by atoms with Crippen LogP contribution in [0.15, 0.2) is 30.3 Å². The van der Waals surface area contributed by atoms with E-state index in [1.165, 1.54) is 12.8 Å². The van der Waals surface area contributed by atoms with Gasteiger partial charge in [-0.15, -0.1) is 0 Å². The minimum atomic E-state index is -0.191. The highest BCUT2D eigenvalue weighted by Gasteiger charge is 2.27. The molecule has 0 bridgehead atoms. The van der Waals surface area contributed by atoms with Crippen molar-refractivity contribution in [3.8, 4) is 5.75 Å². The van der Waals surface area contributed by atoms with Crippen molar-refractivity contribution in [3.05, 3.63) is 30.3 Å². The van der Waals surface area contributed by atoms with E-state index in [0.29, 0.717) is 17.7 Å². The molecule has 0 aliphatic heterocycles. The average molecular weight is 275 g/mol. The molecule has 0 radical (unpaired) electrons. The van der Waals surface area contributed by atoms with Crippen LogP contribution in [0, 0.1) is 5.92 Å². The van der Waals surface area contributed by atoms with Gasteiger partial charge in [-0.3, -0.25) is 0 Å². The van der Waals surface area contributed by atoms with E-state index in [0.717, 1.165) is 25.8 Å². The minimum Gasteiger partial charge on any atom is -0.410 e. The molecule has 1 aromatic carbocycles. The first-order chi connectivity index (χ1) is 9.66. The van der Waals surface area contributed by atoms with Crippen LogP contribution in [0.4, 0.5) is 4.79 Å². The number of carbonyl (C=O) groups excluding carboxylic acids is 1. The zero-order valence-corrected chi connectivity index (χ0v) is 12.5. The zero-order valence-electron chi connectivity index (χ0n) is 12.5. The Hall–Kier alpha value is -1.51. The lowest BCUT2D eigenvalue weighted by Gasteiger charge is -2.28. The predicted octanol–water partition coefficient (Wildman–Crippen LogP) is 4.48. The average Bonchev–Trinajstić information content (AvgIpc) is 2.93. The molecule has 1 aromatic rings. The standard InChI is InChI=1S/C17H25NO2/c1-14(2)12-13-18(15-8-6-7-9-15)17(19)20-16-10-4-3-5-11-16/h3-5,10-11,14-15H,6-9,12-13H2,1-2H3. The highest BCUT2D eigenvalue weighted by molar-refractivity contribution is 5.71. The fourth-order valence-corrected chi connectivity index (χ4v) is 2.68. The molecule has 3 heteroatoms. The molecule has 2 rings (SSSR count). The quantitative estimate of drug-likeness (QED) is 0.793. The third-order valence-electron chi connectivity index (χ3n) is 3.90. The number of carbonyl (C=O) groups is 1. The van der Waals surface area contributed by atoms with Crippen molar-refractivity contribution < 1.29 is 9.53 Å². The Kier molecular flexibility index (Phi) is 5.45. The molecule has 1 aliphatic carbocycles. The molecule has 1 saturated carbocycles. The van der Waals surface area contributed by atoms with Crippen molar-refractivity contribution >= 4 is 6.09 Å². The van der Waals surface area contributed by atoms with Crippen LogP contribution < -0.4 is 4.74 Å². The number of nitrogens with zero attached hydrogens (tertiary/aromatic N) is 1. The Balaban J connectivity index is 1.99. The lowest BCUT2D eigenvalue weighted by Crippen LogP contribution is -2.41. The van der Waals surface area contributed by atoms with E-state index in [4.69, 9.17) is 4.74 Å². The monoisotopic (exact) mass is 275 g/mol. The highest BCUT2D eigenvalue weighted by Crippen LogP contribution is 2.25. The van der Waals surface area contributed by atoms with Gasteiger partial charge in [-0.2, -0.15) is 0 Å². The summed E-state index contributed by atoms with van der Waals surface area (Å²) in [7, 11) is 0. The van der Waals surface area contributed by atoms with Gasteiger partial charge >= 0.3 is 6.09 Å². The molecule has 0 unspecified atom stereocenters. The van der Waals surface area contributed by atoms with Crippen LogP contribution >= 0.6 is 0 Å². The van der Waals surface area contributed by atoms with Crippen molar-refractivity contribution in [2.75, 3.05) is 6.54 Å². The number of hydrogen-bond donors (Lipinski definition) is 0. The van der Waals surface area contributed by atoms with E-state index in [1.54, 1.807) is 0 Å². The lowest BCUT2D eigenvalue weighted by molar-refractivity contribution is 0.129. The van der Waals surface area contributed by atoms with Crippen LogP contribution in [-0.4, -0.2) is 23.6 Å². The molecule has 0 aromatic heterocycles. The Bertz CT molecular complexity index is 410. The number of amides is 1. The number of benzene rings is 1. The molecule has 0 heterocycles. The third-order valence-corrected chi connectivity index (χ3v) is 3.90. The second-order valence-electron chi connectivity index (χ2n) is 6.00. The summed E-state index contributed by atoms with van der Waals surface area (Å²) in [6, 6.07) is 9.71. The number of ether oxygens (including phenoxy) is 1. The Labute approximate surface area is 121 Å². The van der Waals surface area contributed by atoms with Gasteiger partial charge in [-0.1, -0.05) is 44.9 Å². The maximum Gasteiger partial charge on any atom is 0.415 e. The van der Waals surface area contributed by atoms with E-state index in [1.807, 2.05) is 35.2 Å². The number of rotatable bonds is 5. The fraction of sp³-hybridized carbons (Fsp3) is 0.588. The first-order valence-electron chi connectivity index (χ1n) is 7.70. The highest BCUT2D eigenvalue weighted by atomic mass is 16.6. The van der Waals surface area contributed by atoms with Gasteiger partial charge in [-0.05, 0) is 37.3 Å². The van der Waals surface area contributed by atoms with E-state index in [-0.39, 0.29) is 6.09 Å². The van der Waals surface area contributed by atoms with Crippen molar-refractivity contribution in [2.45, 2.75) is 52.0 Å². The summed E-state index contributed by atoms with van der Waals surface area (Å²) in [5.41, 5.74) is 0. The molecule has 0 saturated heterocycles. The maximum absolute atomic E-state index is 12.4. The topological polar surface area (TPSA) is 29.5 Å². The normalized spacial score (nSPS) is 15.6. The van der Waals surface area contributed by atoms with Crippen LogP contribution in [0.25, 0.3) is 0 Å². The molecule has 1 fully saturated rings. The number of para-hydroxylation sites is 1. The maximum atomic E-state index is 12.4. The molecule has 3 nitrogen and oxygen atoms in total. The summed E-state index contributed by atoms with van der Waals surface area (Å²) < 4.78 is 5.51.